The highest BCUT2D eigenvalue weighted by molar-refractivity contribution is 6.76. The van der Waals surface area contributed by atoms with E-state index in [4.69, 9.17) is 13.9 Å². The zero-order chi connectivity index (χ0) is 26.3. The molecular weight excluding hydrogens is 478 g/mol. The van der Waals surface area contributed by atoms with Gasteiger partial charge in [0.05, 0.1) is 25.2 Å². The summed E-state index contributed by atoms with van der Waals surface area (Å²) in [5.74, 6) is -1.11. The molecule has 3 aliphatic rings. The fourth-order valence-electron chi connectivity index (χ4n) is 5.56. The van der Waals surface area contributed by atoms with Crippen molar-refractivity contribution >= 4 is 28.3 Å². The van der Waals surface area contributed by atoms with Crippen LogP contribution in [0.15, 0.2) is 0 Å². The second kappa shape index (κ2) is 10.2. The van der Waals surface area contributed by atoms with Crippen LogP contribution in [-0.4, -0.2) is 70.4 Å². The van der Waals surface area contributed by atoms with Crippen molar-refractivity contribution in [1.82, 2.24) is 5.32 Å². The molecular formula is C26H49NO6Si2. The molecule has 0 radical (unpaired) electrons. The molecule has 4 atom stereocenters. The molecule has 35 heavy (non-hydrogen) atoms. The number of carbonyl (C=O) groups excluding carboxylic acids is 2. The summed E-state index contributed by atoms with van der Waals surface area (Å²) < 4.78 is 19.2. The molecule has 2 N–H and O–H groups in total. The lowest BCUT2D eigenvalue weighted by Gasteiger charge is -2.49. The topological polar surface area (TPSA) is 97.4 Å². The highest BCUT2D eigenvalue weighted by Gasteiger charge is 2.80. The number of hydrogen-bond acceptors (Lipinski definition) is 6. The van der Waals surface area contributed by atoms with E-state index in [1.165, 1.54) is 6.42 Å². The molecule has 2 saturated heterocycles. The van der Waals surface area contributed by atoms with E-state index in [9.17, 15) is 14.7 Å². The molecule has 0 aromatic rings. The number of amides is 1. The lowest BCUT2D eigenvalue weighted by atomic mass is 9.69. The van der Waals surface area contributed by atoms with Gasteiger partial charge in [-0.2, -0.15) is 0 Å². The predicted octanol–water partition coefficient (Wildman–Crippen LogP) is 4.47. The minimum absolute atomic E-state index is 0.0620. The first-order valence-electron chi connectivity index (χ1n) is 13.5. The van der Waals surface area contributed by atoms with Crippen molar-refractivity contribution in [2.75, 3.05) is 19.8 Å². The van der Waals surface area contributed by atoms with Crippen LogP contribution in [0.25, 0.3) is 0 Å². The Balaban J connectivity index is 2.08. The van der Waals surface area contributed by atoms with Gasteiger partial charge in [0, 0.05) is 14.7 Å². The first kappa shape index (κ1) is 28.8. The lowest BCUT2D eigenvalue weighted by molar-refractivity contribution is -0.163. The fourth-order valence-corrected chi connectivity index (χ4v) is 7.63. The maximum Gasteiger partial charge on any atom is 0.337 e. The summed E-state index contributed by atoms with van der Waals surface area (Å²) >= 11 is 0. The molecule has 1 spiro atoms. The Labute approximate surface area is 214 Å². The Hall–Kier alpha value is -0.746. The zero-order valence-corrected chi connectivity index (χ0v) is 25.3. The third kappa shape index (κ3) is 5.59. The number of nitrogens with one attached hydrogen (secondary N) is 1. The molecule has 3 rings (SSSR count). The summed E-state index contributed by atoms with van der Waals surface area (Å²) in [6.45, 7) is 18.2. The van der Waals surface area contributed by atoms with E-state index in [1.807, 2.05) is 0 Å². The quantitative estimate of drug-likeness (QED) is 0.247. The van der Waals surface area contributed by atoms with Gasteiger partial charge < -0.3 is 24.3 Å². The molecule has 0 aromatic carbocycles. The Morgan fingerprint density at radius 1 is 1.17 bits per heavy atom. The largest absolute Gasteiger partial charge is 0.464 e. The van der Waals surface area contributed by atoms with Gasteiger partial charge in [-0.1, -0.05) is 59.7 Å². The van der Waals surface area contributed by atoms with Crippen LogP contribution < -0.4 is 5.32 Å². The van der Waals surface area contributed by atoms with Gasteiger partial charge in [-0.25, -0.2) is 4.79 Å². The minimum atomic E-state index is -2.33. The summed E-state index contributed by atoms with van der Waals surface area (Å²) in [6, 6.07) is 0.855. The molecule has 7 nitrogen and oxygen atoms in total. The van der Waals surface area contributed by atoms with E-state index < -0.39 is 45.5 Å². The SMILES string of the molecule is CC(C)(C)[Si](C)(C)O[C@@H](C1CCCCC1)[C@@]1(C(=O)OCC[Si](C)(C)C)NC(=O)[C@H](CCO)[C@@]12CO2. The minimum Gasteiger partial charge on any atom is -0.464 e. The standard InChI is InChI=1S/C26H49NO6Si2/c1-24(2,3)35(7,8)33-21(19-12-10-9-11-13-19)26(23(30)31-16-17-34(4,5)6)25(18-32-25)20(14-15-28)22(29)27-26/h19-21,28H,9-18H2,1-8H3,(H,27,29)/t20-,21-,25-,26-/m0/s1. The summed E-state index contributed by atoms with van der Waals surface area (Å²) in [4.78, 5) is 27.6. The molecule has 0 bridgehead atoms. The Morgan fingerprint density at radius 3 is 2.26 bits per heavy atom. The molecule has 3 fully saturated rings. The number of esters is 1. The van der Waals surface area contributed by atoms with Crippen LogP contribution >= 0.6 is 0 Å². The van der Waals surface area contributed by atoms with Crippen LogP contribution in [0, 0.1) is 11.8 Å². The highest BCUT2D eigenvalue weighted by Crippen LogP contribution is 2.56. The van der Waals surface area contributed by atoms with Crippen molar-refractivity contribution in [3.8, 4) is 0 Å². The van der Waals surface area contributed by atoms with Crippen LogP contribution in [0.1, 0.15) is 59.3 Å². The van der Waals surface area contributed by atoms with Crippen LogP contribution in [-0.2, 0) is 23.5 Å². The number of ether oxygens (including phenoxy) is 2. The van der Waals surface area contributed by atoms with E-state index in [-0.39, 0.29) is 29.9 Å². The molecule has 0 aromatic heterocycles. The van der Waals surface area contributed by atoms with Gasteiger partial charge in [0.25, 0.3) is 0 Å². The molecule has 1 aliphatic carbocycles. The number of carbonyl (C=O) groups is 2. The Bertz CT molecular complexity index is 780. The van der Waals surface area contributed by atoms with Gasteiger partial charge in [0.15, 0.2) is 13.9 Å². The van der Waals surface area contributed by atoms with Crippen molar-refractivity contribution < 1.29 is 28.6 Å². The number of hydrogen-bond donors (Lipinski definition) is 2. The molecule has 1 amide bonds. The number of aliphatic hydroxyl groups excluding tert-OH is 1. The third-order valence-corrected chi connectivity index (χ3v) is 15.0. The van der Waals surface area contributed by atoms with Crippen LogP contribution in [0.3, 0.4) is 0 Å². The molecule has 2 heterocycles. The molecule has 1 saturated carbocycles. The van der Waals surface area contributed by atoms with Gasteiger partial charge in [0.1, 0.15) is 5.60 Å². The maximum atomic E-state index is 14.2. The van der Waals surface area contributed by atoms with E-state index in [2.05, 4.69) is 58.8 Å². The average Bonchev–Trinajstić information content (AvgIpc) is 3.50. The monoisotopic (exact) mass is 527 g/mol. The van der Waals surface area contributed by atoms with E-state index in [0.717, 1.165) is 31.7 Å². The predicted molar refractivity (Wildman–Crippen MR) is 143 cm³/mol. The van der Waals surface area contributed by atoms with Crippen molar-refractivity contribution in [1.29, 1.82) is 0 Å². The second-order valence-corrected chi connectivity index (χ2v) is 24.1. The van der Waals surface area contributed by atoms with Crippen LogP contribution in [0.4, 0.5) is 0 Å². The zero-order valence-electron chi connectivity index (χ0n) is 23.3. The molecule has 202 valence electrons. The van der Waals surface area contributed by atoms with Crippen molar-refractivity contribution in [3.05, 3.63) is 0 Å². The van der Waals surface area contributed by atoms with Gasteiger partial charge in [0.2, 0.25) is 5.91 Å². The summed E-state index contributed by atoms with van der Waals surface area (Å²) in [5, 5.41) is 12.8. The van der Waals surface area contributed by atoms with Crippen LogP contribution in [0.2, 0.25) is 43.8 Å². The normalized spacial score (nSPS) is 30.9. The number of rotatable bonds is 10. The summed E-state index contributed by atoms with van der Waals surface area (Å²) in [6.07, 6.45) is 5.01. The number of aliphatic hydroxyl groups is 1. The summed E-state index contributed by atoms with van der Waals surface area (Å²) in [7, 11) is -3.75. The van der Waals surface area contributed by atoms with Crippen molar-refractivity contribution in [2.45, 2.75) is 120 Å². The highest BCUT2D eigenvalue weighted by atomic mass is 28.4. The summed E-state index contributed by atoms with van der Waals surface area (Å²) in [5.41, 5.74) is -2.41. The van der Waals surface area contributed by atoms with Crippen molar-refractivity contribution in [2.24, 2.45) is 11.8 Å². The fraction of sp³-hybridized carbons (Fsp3) is 0.923. The first-order valence-corrected chi connectivity index (χ1v) is 20.1. The molecule has 2 aliphatic heterocycles. The lowest BCUT2D eigenvalue weighted by Crippen LogP contribution is -2.70. The van der Waals surface area contributed by atoms with Gasteiger partial charge in [-0.05, 0) is 49.4 Å². The first-order chi connectivity index (χ1) is 16.1. The van der Waals surface area contributed by atoms with Crippen molar-refractivity contribution in [3.63, 3.8) is 0 Å². The smallest absolute Gasteiger partial charge is 0.337 e. The Kier molecular flexibility index (Phi) is 8.39. The number of epoxide rings is 1. The molecule has 0 unspecified atom stereocenters. The molecule has 9 heteroatoms. The van der Waals surface area contributed by atoms with E-state index in [0.29, 0.717) is 13.2 Å². The average molecular weight is 528 g/mol. The van der Waals surface area contributed by atoms with Gasteiger partial charge in [-0.15, -0.1) is 0 Å². The van der Waals surface area contributed by atoms with E-state index in [1.54, 1.807) is 0 Å². The Morgan fingerprint density at radius 2 is 1.77 bits per heavy atom. The second-order valence-electron chi connectivity index (χ2n) is 13.7. The maximum absolute atomic E-state index is 14.2. The van der Waals surface area contributed by atoms with Gasteiger partial charge in [-0.3, -0.25) is 4.79 Å². The third-order valence-electron chi connectivity index (χ3n) is 8.88. The van der Waals surface area contributed by atoms with Crippen LogP contribution in [0.5, 0.6) is 0 Å². The van der Waals surface area contributed by atoms with Gasteiger partial charge >= 0.3 is 5.97 Å². The van der Waals surface area contributed by atoms with E-state index >= 15 is 0 Å².